The lowest BCUT2D eigenvalue weighted by Crippen LogP contribution is -2.50. The van der Waals surface area contributed by atoms with E-state index in [1.807, 2.05) is 11.8 Å². The van der Waals surface area contributed by atoms with Crippen molar-refractivity contribution >= 4 is 11.7 Å². The topological polar surface area (TPSA) is 68.2 Å². The molecule has 0 spiro atoms. The van der Waals surface area contributed by atoms with E-state index in [9.17, 15) is 4.79 Å². The van der Waals surface area contributed by atoms with E-state index in [0.717, 1.165) is 31.6 Å². The SMILES string of the molecule is CCN(C(=O)Nc1ccc(C#N)cc1)C1CCCNC1. The third-order valence-electron chi connectivity index (χ3n) is 3.58. The van der Waals surface area contributed by atoms with E-state index in [1.54, 1.807) is 24.3 Å². The Bertz CT molecular complexity index is 486. The molecule has 5 nitrogen and oxygen atoms in total. The number of rotatable bonds is 3. The lowest BCUT2D eigenvalue weighted by atomic mass is 10.1. The van der Waals surface area contributed by atoms with Gasteiger partial charge in [-0.3, -0.25) is 0 Å². The van der Waals surface area contributed by atoms with Crippen molar-refractivity contribution in [3.63, 3.8) is 0 Å². The van der Waals surface area contributed by atoms with Gasteiger partial charge < -0.3 is 15.5 Å². The molecule has 0 bridgehead atoms. The number of amides is 2. The smallest absolute Gasteiger partial charge is 0.321 e. The van der Waals surface area contributed by atoms with Gasteiger partial charge in [-0.15, -0.1) is 0 Å². The van der Waals surface area contributed by atoms with Crippen LogP contribution in [-0.4, -0.2) is 36.6 Å². The number of nitrogens with zero attached hydrogens (tertiary/aromatic N) is 2. The molecule has 1 aromatic carbocycles. The maximum absolute atomic E-state index is 12.3. The lowest BCUT2D eigenvalue weighted by molar-refractivity contribution is 0.177. The van der Waals surface area contributed by atoms with Crippen molar-refractivity contribution in [2.24, 2.45) is 0 Å². The first-order valence-corrected chi connectivity index (χ1v) is 7.03. The molecule has 0 aromatic heterocycles. The Morgan fingerprint density at radius 2 is 2.25 bits per heavy atom. The zero-order chi connectivity index (χ0) is 14.4. The molecule has 1 unspecified atom stereocenters. The molecule has 106 valence electrons. The van der Waals surface area contributed by atoms with Crippen LogP contribution in [-0.2, 0) is 0 Å². The van der Waals surface area contributed by atoms with Crippen LogP contribution in [0.3, 0.4) is 0 Å². The summed E-state index contributed by atoms with van der Waals surface area (Å²) in [4.78, 5) is 14.2. The van der Waals surface area contributed by atoms with Crippen molar-refractivity contribution in [3.8, 4) is 6.07 Å². The first-order chi connectivity index (χ1) is 9.74. The van der Waals surface area contributed by atoms with E-state index in [4.69, 9.17) is 5.26 Å². The summed E-state index contributed by atoms with van der Waals surface area (Å²) in [5.74, 6) is 0. The van der Waals surface area contributed by atoms with Crippen molar-refractivity contribution in [3.05, 3.63) is 29.8 Å². The molecule has 1 aromatic rings. The highest BCUT2D eigenvalue weighted by molar-refractivity contribution is 5.89. The second-order valence-corrected chi connectivity index (χ2v) is 4.91. The van der Waals surface area contributed by atoms with Gasteiger partial charge in [0.15, 0.2) is 0 Å². The number of likely N-dealkylation sites (N-methyl/N-ethyl adjacent to an activating group) is 1. The molecule has 1 saturated heterocycles. The minimum atomic E-state index is -0.0779. The first kappa shape index (κ1) is 14.4. The van der Waals surface area contributed by atoms with E-state index in [0.29, 0.717) is 12.1 Å². The zero-order valence-corrected chi connectivity index (χ0v) is 11.7. The van der Waals surface area contributed by atoms with Gasteiger partial charge >= 0.3 is 6.03 Å². The Balaban J connectivity index is 1.99. The molecule has 1 atom stereocenters. The van der Waals surface area contributed by atoms with Gasteiger partial charge in [-0.25, -0.2) is 4.79 Å². The first-order valence-electron chi connectivity index (χ1n) is 7.03. The summed E-state index contributed by atoms with van der Waals surface area (Å²) in [5.41, 5.74) is 1.31. The Morgan fingerprint density at radius 3 is 2.80 bits per heavy atom. The van der Waals surface area contributed by atoms with Crippen LogP contribution in [0.25, 0.3) is 0 Å². The van der Waals surface area contributed by atoms with Crippen LogP contribution < -0.4 is 10.6 Å². The maximum Gasteiger partial charge on any atom is 0.322 e. The van der Waals surface area contributed by atoms with Gasteiger partial charge in [0, 0.05) is 24.8 Å². The zero-order valence-electron chi connectivity index (χ0n) is 11.7. The largest absolute Gasteiger partial charge is 0.322 e. The Morgan fingerprint density at radius 1 is 1.50 bits per heavy atom. The molecule has 1 aliphatic heterocycles. The molecule has 0 saturated carbocycles. The highest BCUT2D eigenvalue weighted by Crippen LogP contribution is 2.14. The fourth-order valence-corrected chi connectivity index (χ4v) is 2.49. The monoisotopic (exact) mass is 272 g/mol. The minimum absolute atomic E-state index is 0.0779. The predicted molar refractivity (Wildman–Crippen MR) is 78.4 cm³/mol. The highest BCUT2D eigenvalue weighted by atomic mass is 16.2. The highest BCUT2D eigenvalue weighted by Gasteiger charge is 2.23. The fourth-order valence-electron chi connectivity index (χ4n) is 2.49. The van der Waals surface area contributed by atoms with Crippen LogP contribution >= 0.6 is 0 Å². The number of piperidine rings is 1. The molecule has 0 aliphatic carbocycles. The second-order valence-electron chi connectivity index (χ2n) is 4.91. The van der Waals surface area contributed by atoms with Crippen LogP contribution in [0.5, 0.6) is 0 Å². The molecule has 20 heavy (non-hydrogen) atoms. The molecule has 5 heteroatoms. The molecule has 2 rings (SSSR count). The summed E-state index contributed by atoms with van der Waals surface area (Å²) in [6.07, 6.45) is 2.15. The summed E-state index contributed by atoms with van der Waals surface area (Å²) < 4.78 is 0. The number of hydrogen-bond donors (Lipinski definition) is 2. The van der Waals surface area contributed by atoms with Crippen LogP contribution in [0.4, 0.5) is 10.5 Å². The lowest BCUT2D eigenvalue weighted by Gasteiger charge is -2.33. The third kappa shape index (κ3) is 3.49. The molecular formula is C15H20N4O. The summed E-state index contributed by atoms with van der Waals surface area (Å²) in [5, 5.41) is 15.0. The van der Waals surface area contributed by atoms with Crippen molar-refractivity contribution in [2.45, 2.75) is 25.8 Å². The molecule has 2 N–H and O–H groups in total. The van der Waals surface area contributed by atoms with E-state index in [2.05, 4.69) is 16.7 Å². The van der Waals surface area contributed by atoms with Gasteiger partial charge in [-0.2, -0.15) is 5.26 Å². The quantitative estimate of drug-likeness (QED) is 0.886. The Hall–Kier alpha value is -2.06. The van der Waals surface area contributed by atoms with Crippen LogP contribution in [0.2, 0.25) is 0 Å². The standard InChI is InChI=1S/C15H20N4O/c1-2-19(14-4-3-9-17-11-14)15(20)18-13-7-5-12(10-16)6-8-13/h5-8,14,17H,2-4,9,11H2,1H3,(H,18,20). The van der Waals surface area contributed by atoms with Crippen molar-refractivity contribution in [1.82, 2.24) is 10.2 Å². The number of nitriles is 1. The minimum Gasteiger partial charge on any atom is -0.321 e. The number of carbonyl (C=O) groups excluding carboxylic acids is 1. The average molecular weight is 272 g/mol. The number of benzene rings is 1. The van der Waals surface area contributed by atoms with Gasteiger partial charge in [0.25, 0.3) is 0 Å². The van der Waals surface area contributed by atoms with Crippen LogP contribution in [0, 0.1) is 11.3 Å². The van der Waals surface area contributed by atoms with Gasteiger partial charge in [0.1, 0.15) is 0 Å². The fraction of sp³-hybridized carbons (Fsp3) is 0.467. The van der Waals surface area contributed by atoms with Gasteiger partial charge in [0.2, 0.25) is 0 Å². The Labute approximate surface area is 119 Å². The molecule has 0 radical (unpaired) electrons. The summed E-state index contributed by atoms with van der Waals surface area (Å²) in [6, 6.07) is 9.15. The van der Waals surface area contributed by atoms with Gasteiger partial charge in [-0.1, -0.05) is 0 Å². The third-order valence-corrected chi connectivity index (χ3v) is 3.58. The number of nitrogens with one attached hydrogen (secondary N) is 2. The predicted octanol–water partition coefficient (Wildman–Crippen LogP) is 2.16. The van der Waals surface area contributed by atoms with E-state index >= 15 is 0 Å². The number of urea groups is 1. The molecule has 1 fully saturated rings. The van der Waals surface area contributed by atoms with E-state index in [1.165, 1.54) is 0 Å². The van der Waals surface area contributed by atoms with E-state index < -0.39 is 0 Å². The van der Waals surface area contributed by atoms with E-state index in [-0.39, 0.29) is 12.1 Å². The van der Waals surface area contributed by atoms with Gasteiger partial charge in [-0.05, 0) is 50.6 Å². The number of hydrogen-bond acceptors (Lipinski definition) is 3. The molecule has 2 amide bonds. The molecular weight excluding hydrogens is 252 g/mol. The number of anilines is 1. The van der Waals surface area contributed by atoms with Crippen molar-refractivity contribution < 1.29 is 4.79 Å². The Kier molecular flexibility index (Phi) is 4.97. The molecule has 1 aliphatic rings. The second kappa shape index (κ2) is 6.92. The number of carbonyl (C=O) groups is 1. The average Bonchev–Trinajstić information content (AvgIpc) is 2.50. The van der Waals surface area contributed by atoms with Crippen molar-refractivity contribution in [1.29, 1.82) is 5.26 Å². The normalized spacial score (nSPS) is 18.1. The summed E-state index contributed by atoms with van der Waals surface area (Å²) >= 11 is 0. The summed E-state index contributed by atoms with van der Waals surface area (Å²) in [6.45, 7) is 4.57. The van der Waals surface area contributed by atoms with Crippen LogP contribution in [0.1, 0.15) is 25.3 Å². The van der Waals surface area contributed by atoms with Gasteiger partial charge in [0.05, 0.1) is 11.6 Å². The maximum atomic E-state index is 12.3. The molecule has 1 heterocycles. The summed E-state index contributed by atoms with van der Waals surface area (Å²) in [7, 11) is 0. The van der Waals surface area contributed by atoms with Crippen LogP contribution in [0.15, 0.2) is 24.3 Å². The van der Waals surface area contributed by atoms with Crippen molar-refractivity contribution in [2.75, 3.05) is 25.0 Å².